The van der Waals surface area contributed by atoms with Gasteiger partial charge in [-0.15, -0.1) is 0 Å². The third kappa shape index (κ3) is 6.36. The summed E-state index contributed by atoms with van der Waals surface area (Å²) in [6.07, 6.45) is 0. The molecule has 0 saturated carbocycles. The average molecular weight is 351 g/mol. The van der Waals surface area contributed by atoms with Gasteiger partial charge in [0.05, 0.1) is 0 Å². The van der Waals surface area contributed by atoms with Crippen molar-refractivity contribution in [3.8, 4) is 0 Å². The molecule has 0 fully saturated rings. The number of hydrogen-bond acceptors (Lipinski definition) is 6. The maximum absolute atomic E-state index is 7.74. The molecule has 0 atom stereocenters. The smallest absolute Gasteiger partial charge is 0.402 e. The molecule has 3 rings (SSSR count). The Labute approximate surface area is 152 Å². The van der Waals surface area contributed by atoms with Crippen molar-refractivity contribution in [2.45, 2.75) is 0 Å². The Hall–Kier alpha value is -2.61. The van der Waals surface area contributed by atoms with Crippen LogP contribution in [0.5, 0.6) is 0 Å². The zero-order valence-electron chi connectivity index (χ0n) is 14.0. The Bertz CT molecular complexity index is 645. The van der Waals surface area contributed by atoms with Gasteiger partial charge in [0.15, 0.2) is 0 Å². The molecular weight excluding hydrogens is 332 g/mol. The molecule has 0 aromatic heterocycles. The molecule has 0 heterocycles. The van der Waals surface area contributed by atoms with E-state index in [-0.39, 0.29) is 0 Å². The topological polar surface area (TPSA) is 93.4 Å². The van der Waals surface area contributed by atoms with Crippen molar-refractivity contribution >= 4 is 31.7 Å². The number of para-hydroxylation sites is 3. The fraction of sp³-hybridized carbons (Fsp3) is 0. The van der Waals surface area contributed by atoms with Crippen LogP contribution < -0.4 is 4.90 Å². The summed E-state index contributed by atoms with van der Waals surface area (Å²) in [5, 5.41) is 30.9. The average Bonchev–Trinajstić information content (AvgIpc) is 2.64. The fourth-order valence-corrected chi connectivity index (χ4v) is 2.29. The van der Waals surface area contributed by atoms with Gasteiger partial charge in [-0.1, -0.05) is 54.6 Å². The van der Waals surface area contributed by atoms with Crippen molar-refractivity contribution in [2.75, 3.05) is 4.90 Å². The van der Waals surface area contributed by atoms with Crippen molar-refractivity contribution in [3.05, 3.63) is 91.0 Å². The van der Waals surface area contributed by atoms with Crippen LogP contribution in [0.25, 0.3) is 0 Å². The van der Waals surface area contributed by atoms with E-state index in [9.17, 15) is 0 Å². The van der Waals surface area contributed by atoms with Gasteiger partial charge in [-0.3, -0.25) is 0 Å². The second kappa shape index (κ2) is 10.4. The molecule has 0 spiro atoms. The lowest BCUT2D eigenvalue weighted by molar-refractivity contribution is 0.213. The van der Waals surface area contributed by atoms with Crippen molar-refractivity contribution in [1.29, 1.82) is 0 Å². The summed E-state index contributed by atoms with van der Waals surface area (Å²) in [5.74, 6) is 0. The Kier molecular flexibility index (Phi) is 7.88. The third-order valence-corrected chi connectivity index (χ3v) is 3.29. The summed E-state index contributed by atoms with van der Waals surface area (Å²) in [5.41, 5.74) is 3.50. The molecular formula is C18H19B2NO5. The normalized spacial score (nSPS) is 9.69. The van der Waals surface area contributed by atoms with Crippen molar-refractivity contribution < 1.29 is 24.7 Å². The maximum Gasteiger partial charge on any atom is 0.621 e. The minimum Gasteiger partial charge on any atom is -0.402 e. The Morgan fingerprint density at radius 2 is 0.769 bits per heavy atom. The first kappa shape index (κ1) is 19.7. The molecule has 0 amide bonds. The van der Waals surface area contributed by atoms with Gasteiger partial charge in [0.1, 0.15) is 0 Å². The van der Waals surface area contributed by atoms with Crippen molar-refractivity contribution in [3.63, 3.8) is 0 Å². The predicted octanol–water partition coefficient (Wildman–Crippen LogP) is 2.10. The number of benzene rings is 3. The molecule has 8 heteroatoms. The highest BCUT2D eigenvalue weighted by Crippen LogP contribution is 2.33. The monoisotopic (exact) mass is 351 g/mol. The quantitative estimate of drug-likeness (QED) is 0.526. The van der Waals surface area contributed by atoms with Gasteiger partial charge < -0.3 is 29.6 Å². The number of hydrogen-bond donors (Lipinski definition) is 4. The summed E-state index contributed by atoms with van der Waals surface area (Å²) in [6, 6.07) is 31.3. The van der Waals surface area contributed by atoms with Gasteiger partial charge >= 0.3 is 14.6 Å². The van der Waals surface area contributed by atoms with Crippen LogP contribution in [0.2, 0.25) is 0 Å². The highest BCUT2D eigenvalue weighted by Gasteiger charge is 2.18. The first-order valence-corrected chi connectivity index (χ1v) is 7.91. The van der Waals surface area contributed by atoms with E-state index in [1.54, 1.807) is 0 Å². The molecule has 0 aliphatic heterocycles. The predicted molar refractivity (Wildman–Crippen MR) is 103 cm³/mol. The van der Waals surface area contributed by atoms with Crippen LogP contribution in [-0.2, 0) is 4.57 Å². The van der Waals surface area contributed by atoms with Gasteiger partial charge in [0, 0.05) is 17.1 Å². The molecule has 26 heavy (non-hydrogen) atoms. The van der Waals surface area contributed by atoms with E-state index >= 15 is 0 Å². The lowest BCUT2D eigenvalue weighted by Crippen LogP contribution is -2.28. The molecule has 6 nitrogen and oxygen atoms in total. The summed E-state index contributed by atoms with van der Waals surface area (Å²) in [6.45, 7) is 0. The second-order valence-electron chi connectivity index (χ2n) is 5.13. The van der Waals surface area contributed by atoms with Crippen LogP contribution in [0.15, 0.2) is 91.0 Å². The van der Waals surface area contributed by atoms with Crippen LogP contribution in [0.3, 0.4) is 0 Å². The molecule has 0 aliphatic rings. The molecule has 4 N–H and O–H groups in total. The van der Waals surface area contributed by atoms with E-state index in [0.717, 1.165) is 0 Å². The minimum absolute atomic E-state index is 1.17. The van der Waals surface area contributed by atoms with Gasteiger partial charge in [-0.2, -0.15) is 0 Å². The standard InChI is InChI=1S/C18H15N.B2H4O5/c1-4-10-16(11-5-1)19(17-12-6-2-7-13-17)18-14-8-3-9-15-18;3-1(4)7-2(5)6/h1-15H;3-6H. The van der Waals surface area contributed by atoms with E-state index in [1.165, 1.54) is 17.1 Å². The first-order valence-electron chi connectivity index (χ1n) is 7.91. The largest absolute Gasteiger partial charge is 0.621 e. The van der Waals surface area contributed by atoms with Crippen molar-refractivity contribution in [2.24, 2.45) is 0 Å². The van der Waals surface area contributed by atoms with Gasteiger partial charge in [-0.25, -0.2) is 0 Å². The minimum atomic E-state index is -2.13. The molecule has 0 saturated heterocycles. The third-order valence-electron chi connectivity index (χ3n) is 3.29. The molecule has 3 aromatic rings. The summed E-state index contributed by atoms with van der Waals surface area (Å²) in [4.78, 5) is 2.25. The molecule has 0 radical (unpaired) electrons. The first-order chi connectivity index (χ1) is 12.6. The number of rotatable bonds is 5. The van der Waals surface area contributed by atoms with E-state index in [4.69, 9.17) is 20.1 Å². The van der Waals surface area contributed by atoms with Crippen LogP contribution in [-0.4, -0.2) is 34.7 Å². The number of nitrogens with zero attached hydrogens (tertiary/aromatic N) is 1. The highest BCUT2D eigenvalue weighted by molar-refractivity contribution is 6.48. The molecule has 0 aliphatic carbocycles. The van der Waals surface area contributed by atoms with E-state index < -0.39 is 14.6 Å². The lowest BCUT2D eigenvalue weighted by atomic mass is 10.1. The SMILES string of the molecule is OB(O)OB(O)O.c1ccc(N(c2ccccc2)c2ccccc2)cc1. The maximum atomic E-state index is 7.74. The van der Waals surface area contributed by atoms with Crippen LogP contribution >= 0.6 is 0 Å². The van der Waals surface area contributed by atoms with E-state index in [1.807, 2.05) is 18.2 Å². The van der Waals surface area contributed by atoms with Crippen molar-refractivity contribution in [1.82, 2.24) is 0 Å². The van der Waals surface area contributed by atoms with Gasteiger partial charge in [0.2, 0.25) is 0 Å². The molecule has 0 unspecified atom stereocenters. The zero-order chi connectivity index (χ0) is 18.8. The van der Waals surface area contributed by atoms with E-state index in [0.29, 0.717) is 0 Å². The van der Waals surface area contributed by atoms with Gasteiger partial charge in [-0.05, 0) is 36.4 Å². The van der Waals surface area contributed by atoms with Gasteiger partial charge in [0.25, 0.3) is 0 Å². The van der Waals surface area contributed by atoms with Crippen LogP contribution in [0.4, 0.5) is 17.1 Å². The molecule has 3 aromatic carbocycles. The van der Waals surface area contributed by atoms with Crippen LogP contribution in [0.1, 0.15) is 0 Å². The number of anilines is 3. The highest BCUT2D eigenvalue weighted by atomic mass is 16.7. The lowest BCUT2D eigenvalue weighted by Gasteiger charge is -2.25. The van der Waals surface area contributed by atoms with Crippen LogP contribution in [0, 0.1) is 0 Å². The Morgan fingerprint density at radius 3 is 0.962 bits per heavy atom. The fourth-order valence-electron chi connectivity index (χ4n) is 2.29. The molecule has 0 bridgehead atoms. The Morgan fingerprint density at radius 1 is 0.500 bits per heavy atom. The summed E-state index contributed by atoms with van der Waals surface area (Å²) >= 11 is 0. The molecule has 132 valence electrons. The Balaban J connectivity index is 0.000000298. The summed E-state index contributed by atoms with van der Waals surface area (Å²) < 4.78 is 3.47. The second-order valence-corrected chi connectivity index (χ2v) is 5.13. The summed E-state index contributed by atoms with van der Waals surface area (Å²) in [7, 11) is -4.25. The zero-order valence-corrected chi connectivity index (χ0v) is 14.0. The van der Waals surface area contributed by atoms with E-state index in [2.05, 4.69) is 82.3 Å².